The molecule has 2 fully saturated rings. The number of furan rings is 1. The summed E-state index contributed by atoms with van der Waals surface area (Å²) in [6.45, 7) is 0.616. The van der Waals surface area contributed by atoms with E-state index in [9.17, 15) is 9.59 Å². The van der Waals surface area contributed by atoms with Crippen molar-refractivity contribution in [2.75, 3.05) is 13.7 Å². The van der Waals surface area contributed by atoms with E-state index in [1.165, 1.54) is 0 Å². The average molecular weight is 356 g/mol. The lowest BCUT2D eigenvalue weighted by Crippen LogP contribution is -2.56. The minimum Gasteiger partial charge on any atom is -0.451 e. The van der Waals surface area contributed by atoms with Gasteiger partial charge in [0.1, 0.15) is 5.58 Å². The maximum absolute atomic E-state index is 12.6. The summed E-state index contributed by atoms with van der Waals surface area (Å²) in [5.74, 6) is 0.911. The fourth-order valence-corrected chi connectivity index (χ4v) is 4.46. The van der Waals surface area contributed by atoms with Gasteiger partial charge in [-0.15, -0.1) is 0 Å². The molecule has 1 aliphatic carbocycles. The number of nitrogens with one attached hydrogen (secondary N) is 2. The van der Waals surface area contributed by atoms with Crippen LogP contribution in [0.5, 0.6) is 0 Å². The summed E-state index contributed by atoms with van der Waals surface area (Å²) >= 11 is 0. The van der Waals surface area contributed by atoms with Crippen molar-refractivity contribution in [2.45, 2.75) is 37.8 Å². The van der Waals surface area contributed by atoms with Crippen molar-refractivity contribution < 1.29 is 18.7 Å². The molecule has 1 saturated carbocycles. The molecular weight excluding hydrogens is 332 g/mol. The Morgan fingerprint density at radius 3 is 3.00 bits per heavy atom. The minimum absolute atomic E-state index is 0.0403. The highest BCUT2D eigenvalue weighted by Gasteiger charge is 2.41. The third-order valence-corrected chi connectivity index (χ3v) is 5.67. The number of piperidine rings is 1. The average Bonchev–Trinajstić information content (AvgIpc) is 3.06. The summed E-state index contributed by atoms with van der Waals surface area (Å²) in [6.07, 6.45) is 3.17. The monoisotopic (exact) mass is 356 g/mol. The van der Waals surface area contributed by atoms with Crippen LogP contribution < -0.4 is 10.6 Å². The number of hydrogen-bond donors (Lipinski definition) is 2. The van der Waals surface area contributed by atoms with Crippen molar-refractivity contribution in [3.8, 4) is 0 Å². The molecular formula is C20H24N2O4. The van der Waals surface area contributed by atoms with E-state index in [1.54, 1.807) is 13.2 Å². The molecule has 0 bridgehead atoms. The SMILES string of the molecule is COCC1CC(=O)NC2CC(NC(=O)c3cc4ccccc4o3)CCC12. The van der Waals surface area contributed by atoms with Crippen molar-refractivity contribution in [2.24, 2.45) is 11.8 Å². The highest BCUT2D eigenvalue weighted by molar-refractivity contribution is 5.96. The predicted octanol–water partition coefficient (Wildman–Crippen LogP) is 2.48. The summed E-state index contributed by atoms with van der Waals surface area (Å²) in [5, 5.41) is 7.10. The van der Waals surface area contributed by atoms with E-state index in [2.05, 4.69) is 10.6 Å². The molecule has 2 aliphatic rings. The maximum atomic E-state index is 12.6. The normalized spacial score (nSPS) is 28.4. The number of carbonyl (C=O) groups excluding carboxylic acids is 2. The van der Waals surface area contributed by atoms with E-state index >= 15 is 0 Å². The lowest BCUT2D eigenvalue weighted by Gasteiger charge is -2.43. The molecule has 4 rings (SSSR count). The second kappa shape index (κ2) is 7.11. The number of hydrogen-bond acceptors (Lipinski definition) is 4. The summed E-state index contributed by atoms with van der Waals surface area (Å²) in [7, 11) is 1.68. The van der Waals surface area contributed by atoms with Gasteiger partial charge in [-0.25, -0.2) is 0 Å². The molecule has 2 aromatic rings. The number of methoxy groups -OCH3 is 1. The van der Waals surface area contributed by atoms with Gasteiger partial charge in [0.05, 0.1) is 0 Å². The van der Waals surface area contributed by atoms with E-state index in [0.717, 1.165) is 24.6 Å². The summed E-state index contributed by atoms with van der Waals surface area (Å²) < 4.78 is 10.9. The van der Waals surface area contributed by atoms with Gasteiger partial charge in [0, 0.05) is 37.6 Å². The Hall–Kier alpha value is -2.34. The van der Waals surface area contributed by atoms with Crippen LogP contribution >= 0.6 is 0 Å². The Kier molecular flexibility index (Phi) is 4.68. The quantitative estimate of drug-likeness (QED) is 0.882. The fourth-order valence-electron chi connectivity index (χ4n) is 4.46. The molecule has 4 unspecified atom stereocenters. The topological polar surface area (TPSA) is 80.6 Å². The molecule has 1 saturated heterocycles. The third-order valence-electron chi connectivity index (χ3n) is 5.67. The highest BCUT2D eigenvalue weighted by atomic mass is 16.5. The molecule has 6 heteroatoms. The van der Waals surface area contributed by atoms with E-state index < -0.39 is 0 Å². The van der Waals surface area contributed by atoms with Crippen LogP contribution in [0, 0.1) is 11.8 Å². The highest BCUT2D eigenvalue weighted by Crippen LogP contribution is 2.35. The molecule has 2 heterocycles. The van der Waals surface area contributed by atoms with Gasteiger partial charge in [-0.2, -0.15) is 0 Å². The molecule has 1 aliphatic heterocycles. The first-order valence-corrected chi connectivity index (χ1v) is 9.22. The fraction of sp³-hybridized carbons (Fsp3) is 0.500. The number of para-hydroxylation sites is 1. The Morgan fingerprint density at radius 1 is 1.35 bits per heavy atom. The van der Waals surface area contributed by atoms with Crippen LogP contribution in [0.3, 0.4) is 0 Å². The van der Waals surface area contributed by atoms with E-state index in [0.29, 0.717) is 30.3 Å². The van der Waals surface area contributed by atoms with Crippen LogP contribution in [-0.2, 0) is 9.53 Å². The first-order valence-electron chi connectivity index (χ1n) is 9.22. The number of ether oxygens (including phenoxy) is 1. The van der Waals surface area contributed by atoms with Crippen LogP contribution in [0.1, 0.15) is 36.2 Å². The standard InChI is InChI=1S/C20H24N2O4/c1-25-11-13-9-19(23)22-16-10-14(6-7-15(13)16)21-20(24)18-8-12-4-2-3-5-17(12)26-18/h2-5,8,13-16H,6-7,9-11H2,1H3,(H,21,24)(H,22,23). The molecule has 1 aromatic heterocycles. The number of rotatable bonds is 4. The van der Waals surface area contributed by atoms with Crippen molar-refractivity contribution in [1.82, 2.24) is 10.6 Å². The van der Waals surface area contributed by atoms with Crippen LogP contribution in [0.25, 0.3) is 11.0 Å². The zero-order valence-electron chi connectivity index (χ0n) is 14.9. The first kappa shape index (κ1) is 17.1. The Morgan fingerprint density at radius 2 is 2.19 bits per heavy atom. The van der Waals surface area contributed by atoms with Gasteiger partial charge in [0.15, 0.2) is 5.76 Å². The largest absolute Gasteiger partial charge is 0.451 e. The van der Waals surface area contributed by atoms with Gasteiger partial charge in [-0.05, 0) is 43.2 Å². The number of benzene rings is 1. The molecule has 2 amide bonds. The molecule has 2 N–H and O–H groups in total. The summed E-state index contributed by atoms with van der Waals surface area (Å²) in [6, 6.07) is 9.50. The minimum atomic E-state index is -0.194. The smallest absolute Gasteiger partial charge is 0.287 e. The lowest BCUT2D eigenvalue weighted by molar-refractivity contribution is -0.128. The second-order valence-electron chi connectivity index (χ2n) is 7.39. The molecule has 6 nitrogen and oxygen atoms in total. The zero-order valence-corrected chi connectivity index (χ0v) is 14.9. The maximum Gasteiger partial charge on any atom is 0.287 e. The second-order valence-corrected chi connectivity index (χ2v) is 7.39. The Bertz CT molecular complexity index is 782. The van der Waals surface area contributed by atoms with E-state index in [1.807, 2.05) is 24.3 Å². The number of amides is 2. The number of carbonyl (C=O) groups is 2. The van der Waals surface area contributed by atoms with Gasteiger partial charge < -0.3 is 19.8 Å². The van der Waals surface area contributed by atoms with Crippen LogP contribution in [0.15, 0.2) is 34.7 Å². The van der Waals surface area contributed by atoms with Crippen molar-refractivity contribution in [3.05, 3.63) is 36.1 Å². The first-order chi connectivity index (χ1) is 12.6. The van der Waals surface area contributed by atoms with Crippen molar-refractivity contribution in [3.63, 3.8) is 0 Å². The summed E-state index contributed by atoms with van der Waals surface area (Å²) in [4.78, 5) is 24.5. The molecule has 4 atom stereocenters. The molecule has 1 aromatic carbocycles. The number of fused-ring (bicyclic) bond motifs is 2. The van der Waals surface area contributed by atoms with Gasteiger partial charge >= 0.3 is 0 Å². The van der Waals surface area contributed by atoms with Crippen molar-refractivity contribution in [1.29, 1.82) is 0 Å². The van der Waals surface area contributed by atoms with Crippen LogP contribution in [0.2, 0.25) is 0 Å². The Labute approximate surface area is 152 Å². The lowest BCUT2D eigenvalue weighted by atomic mass is 9.71. The van der Waals surface area contributed by atoms with E-state index in [-0.39, 0.29) is 29.8 Å². The van der Waals surface area contributed by atoms with Gasteiger partial charge in [-0.3, -0.25) is 9.59 Å². The zero-order chi connectivity index (χ0) is 18.1. The summed E-state index contributed by atoms with van der Waals surface area (Å²) in [5.41, 5.74) is 0.711. The van der Waals surface area contributed by atoms with E-state index in [4.69, 9.17) is 9.15 Å². The molecule has 138 valence electrons. The van der Waals surface area contributed by atoms with Gasteiger partial charge in [0.2, 0.25) is 5.91 Å². The molecule has 0 spiro atoms. The Balaban J connectivity index is 1.41. The van der Waals surface area contributed by atoms with Gasteiger partial charge in [-0.1, -0.05) is 18.2 Å². The predicted molar refractivity (Wildman–Crippen MR) is 96.7 cm³/mol. The molecule has 26 heavy (non-hydrogen) atoms. The third kappa shape index (κ3) is 3.33. The van der Waals surface area contributed by atoms with Crippen molar-refractivity contribution >= 4 is 22.8 Å². The van der Waals surface area contributed by atoms with Gasteiger partial charge in [0.25, 0.3) is 5.91 Å². The van der Waals surface area contributed by atoms with Crippen LogP contribution in [-0.4, -0.2) is 37.6 Å². The van der Waals surface area contributed by atoms with Crippen LogP contribution in [0.4, 0.5) is 0 Å². The molecule has 0 radical (unpaired) electrons.